The van der Waals surface area contributed by atoms with E-state index in [4.69, 9.17) is 21.1 Å². The third-order valence-electron chi connectivity index (χ3n) is 5.20. The lowest BCUT2D eigenvalue weighted by molar-refractivity contribution is 0.102. The number of carbonyl (C=O) groups excluding carboxylic acids is 1. The quantitative estimate of drug-likeness (QED) is 0.275. The van der Waals surface area contributed by atoms with Gasteiger partial charge in [0.1, 0.15) is 11.5 Å². The number of halogens is 1. The molecule has 0 atom stereocenters. The number of sulfonamides is 1. The van der Waals surface area contributed by atoms with E-state index in [1.807, 2.05) is 25.1 Å². The molecular weight excluding hydrogens is 500 g/mol. The van der Waals surface area contributed by atoms with E-state index in [1.54, 1.807) is 48.5 Å². The van der Waals surface area contributed by atoms with Gasteiger partial charge in [0.25, 0.3) is 15.9 Å². The van der Waals surface area contributed by atoms with E-state index in [0.29, 0.717) is 22.1 Å². The molecule has 0 saturated heterocycles. The predicted octanol–water partition coefficient (Wildman–Crippen LogP) is 6.50. The van der Waals surface area contributed by atoms with Gasteiger partial charge in [0.05, 0.1) is 23.4 Å². The van der Waals surface area contributed by atoms with Crippen LogP contribution in [0.15, 0.2) is 95.9 Å². The van der Waals surface area contributed by atoms with Crippen LogP contribution >= 0.6 is 11.6 Å². The van der Waals surface area contributed by atoms with E-state index >= 15 is 0 Å². The van der Waals surface area contributed by atoms with Crippen molar-refractivity contribution in [2.75, 3.05) is 17.1 Å². The average Bonchev–Trinajstić information content (AvgIpc) is 2.86. The van der Waals surface area contributed by atoms with Crippen LogP contribution in [0.4, 0.5) is 11.4 Å². The van der Waals surface area contributed by atoms with Crippen LogP contribution in [0.1, 0.15) is 15.9 Å². The molecule has 1 amide bonds. The molecule has 9 heteroatoms. The summed E-state index contributed by atoms with van der Waals surface area (Å²) in [7, 11) is -2.66. The molecule has 0 radical (unpaired) electrons. The van der Waals surface area contributed by atoms with Gasteiger partial charge < -0.3 is 14.8 Å². The molecule has 4 aromatic rings. The molecule has 0 aliphatic rings. The highest BCUT2D eigenvalue weighted by molar-refractivity contribution is 7.92. The topological polar surface area (TPSA) is 93.7 Å². The van der Waals surface area contributed by atoms with E-state index in [0.717, 1.165) is 5.56 Å². The Morgan fingerprint density at radius 1 is 0.833 bits per heavy atom. The number of hydrogen-bond donors (Lipinski definition) is 2. The molecule has 0 heterocycles. The highest BCUT2D eigenvalue weighted by Gasteiger charge is 2.20. The van der Waals surface area contributed by atoms with Gasteiger partial charge in [0, 0.05) is 10.6 Å². The minimum absolute atomic E-state index is 0.0897. The normalized spacial score (nSPS) is 11.0. The number of carbonyl (C=O) groups is 1. The van der Waals surface area contributed by atoms with Crippen molar-refractivity contribution in [3.8, 4) is 17.2 Å². The smallest absolute Gasteiger partial charge is 0.262 e. The Labute approximate surface area is 214 Å². The first-order chi connectivity index (χ1) is 17.2. The molecule has 36 heavy (non-hydrogen) atoms. The maximum atomic E-state index is 13.3. The third kappa shape index (κ3) is 5.97. The van der Waals surface area contributed by atoms with Crippen LogP contribution in [0.2, 0.25) is 5.02 Å². The lowest BCUT2D eigenvalue weighted by atomic mass is 10.1. The van der Waals surface area contributed by atoms with Crippen molar-refractivity contribution in [1.82, 2.24) is 0 Å². The Morgan fingerprint density at radius 2 is 1.53 bits per heavy atom. The lowest BCUT2D eigenvalue weighted by Crippen LogP contribution is -2.16. The van der Waals surface area contributed by atoms with Crippen molar-refractivity contribution >= 4 is 38.9 Å². The molecule has 4 aromatic carbocycles. The van der Waals surface area contributed by atoms with Gasteiger partial charge in [-0.2, -0.15) is 0 Å². The molecule has 0 aromatic heterocycles. The Hall–Kier alpha value is -4.01. The molecule has 4 rings (SSSR count). The van der Waals surface area contributed by atoms with Crippen LogP contribution in [0.25, 0.3) is 0 Å². The predicted molar refractivity (Wildman–Crippen MR) is 141 cm³/mol. The van der Waals surface area contributed by atoms with E-state index in [1.165, 1.54) is 31.4 Å². The zero-order valence-corrected chi connectivity index (χ0v) is 21.1. The molecule has 0 unspecified atom stereocenters. The molecule has 0 aliphatic carbocycles. The minimum atomic E-state index is -4.09. The van der Waals surface area contributed by atoms with Crippen molar-refractivity contribution in [3.05, 3.63) is 107 Å². The van der Waals surface area contributed by atoms with Crippen LogP contribution < -0.4 is 19.5 Å². The number of methoxy groups -OCH3 is 1. The summed E-state index contributed by atoms with van der Waals surface area (Å²) in [5, 5.41) is 3.05. The van der Waals surface area contributed by atoms with Crippen LogP contribution in [0.3, 0.4) is 0 Å². The molecular formula is C27H23ClN2O5S. The van der Waals surface area contributed by atoms with Gasteiger partial charge in [0.2, 0.25) is 0 Å². The first-order valence-corrected chi connectivity index (χ1v) is 12.7. The van der Waals surface area contributed by atoms with Crippen molar-refractivity contribution in [3.63, 3.8) is 0 Å². The second-order valence-electron chi connectivity index (χ2n) is 7.84. The molecule has 2 N–H and O–H groups in total. The number of para-hydroxylation sites is 1. The highest BCUT2D eigenvalue weighted by Crippen LogP contribution is 2.35. The Balaban J connectivity index is 1.63. The van der Waals surface area contributed by atoms with Crippen molar-refractivity contribution in [2.45, 2.75) is 11.8 Å². The molecule has 0 bridgehead atoms. The molecule has 0 fully saturated rings. The van der Waals surface area contributed by atoms with Crippen LogP contribution in [0.5, 0.6) is 17.2 Å². The number of rotatable bonds is 8. The fourth-order valence-corrected chi connectivity index (χ4v) is 4.60. The molecule has 0 saturated carbocycles. The van der Waals surface area contributed by atoms with Gasteiger partial charge in [-0.05, 0) is 67.6 Å². The first kappa shape index (κ1) is 25.1. The zero-order valence-electron chi connectivity index (χ0n) is 19.5. The number of nitrogens with one attached hydrogen (secondary N) is 2. The van der Waals surface area contributed by atoms with Crippen molar-refractivity contribution in [2.24, 2.45) is 0 Å². The molecule has 7 nitrogen and oxygen atoms in total. The van der Waals surface area contributed by atoms with Gasteiger partial charge in [-0.3, -0.25) is 9.52 Å². The summed E-state index contributed by atoms with van der Waals surface area (Å²) in [5.74, 6) is 0.718. The van der Waals surface area contributed by atoms with Gasteiger partial charge in [-0.25, -0.2) is 8.42 Å². The van der Waals surface area contributed by atoms with E-state index in [-0.39, 0.29) is 22.0 Å². The number of anilines is 2. The molecule has 0 spiro atoms. The number of amides is 1. The third-order valence-corrected chi connectivity index (χ3v) is 6.80. The second kappa shape index (κ2) is 10.7. The summed E-state index contributed by atoms with van der Waals surface area (Å²) in [6.07, 6.45) is 0. The van der Waals surface area contributed by atoms with E-state index < -0.39 is 15.9 Å². The largest absolute Gasteiger partial charge is 0.495 e. The summed E-state index contributed by atoms with van der Waals surface area (Å²) in [5.41, 5.74) is 1.81. The average molecular weight is 523 g/mol. The standard InChI is InChI=1S/C27H23ClN2O5S/c1-18-8-10-19(11-9-18)27(31)29-23-17-22(13-15-25(23)34-2)36(32,33)30-24-16-20(28)12-14-26(24)35-21-6-4-3-5-7-21/h3-17,30H,1-2H3,(H,29,31). The van der Waals surface area contributed by atoms with Gasteiger partial charge in [-0.1, -0.05) is 47.5 Å². The van der Waals surface area contributed by atoms with Crippen LogP contribution in [0, 0.1) is 6.92 Å². The van der Waals surface area contributed by atoms with Crippen LogP contribution in [-0.2, 0) is 10.0 Å². The molecule has 0 aliphatic heterocycles. The van der Waals surface area contributed by atoms with Crippen molar-refractivity contribution in [1.29, 1.82) is 0 Å². The van der Waals surface area contributed by atoms with Gasteiger partial charge >= 0.3 is 0 Å². The fourth-order valence-electron chi connectivity index (χ4n) is 3.34. The number of hydrogen-bond acceptors (Lipinski definition) is 5. The van der Waals surface area contributed by atoms with E-state index in [2.05, 4.69) is 10.0 Å². The monoisotopic (exact) mass is 522 g/mol. The second-order valence-corrected chi connectivity index (χ2v) is 9.96. The number of benzene rings is 4. The van der Waals surface area contributed by atoms with Crippen LogP contribution in [-0.4, -0.2) is 21.4 Å². The summed E-state index contributed by atoms with van der Waals surface area (Å²) < 4.78 is 40.3. The highest BCUT2D eigenvalue weighted by atomic mass is 35.5. The summed E-state index contributed by atoms with van der Waals surface area (Å²) in [6.45, 7) is 1.92. The maximum absolute atomic E-state index is 13.3. The summed E-state index contributed by atoms with van der Waals surface area (Å²) in [6, 6.07) is 24.8. The Bertz CT molecular complexity index is 1490. The van der Waals surface area contributed by atoms with E-state index in [9.17, 15) is 13.2 Å². The van der Waals surface area contributed by atoms with Gasteiger partial charge in [-0.15, -0.1) is 0 Å². The fraction of sp³-hybridized carbons (Fsp3) is 0.0741. The Morgan fingerprint density at radius 3 is 2.22 bits per heavy atom. The minimum Gasteiger partial charge on any atom is -0.495 e. The lowest BCUT2D eigenvalue weighted by Gasteiger charge is -2.16. The SMILES string of the molecule is COc1ccc(S(=O)(=O)Nc2cc(Cl)ccc2Oc2ccccc2)cc1NC(=O)c1ccc(C)cc1. The summed E-state index contributed by atoms with van der Waals surface area (Å²) >= 11 is 6.13. The van der Waals surface area contributed by atoms with Crippen molar-refractivity contribution < 1.29 is 22.7 Å². The number of aryl methyl sites for hydroxylation is 1. The summed E-state index contributed by atoms with van der Waals surface area (Å²) in [4.78, 5) is 12.6. The Kier molecular flexibility index (Phi) is 7.47. The maximum Gasteiger partial charge on any atom is 0.262 e. The van der Waals surface area contributed by atoms with Gasteiger partial charge in [0.15, 0.2) is 5.75 Å². The zero-order chi connectivity index (χ0) is 25.7. The number of ether oxygens (including phenoxy) is 2. The molecule has 184 valence electrons. The first-order valence-electron chi connectivity index (χ1n) is 10.9.